The third-order valence-electron chi connectivity index (χ3n) is 14.6. The Labute approximate surface area is 294 Å². The van der Waals surface area contributed by atoms with Crippen LogP contribution in [0.5, 0.6) is 5.75 Å². The normalized spacial score (nSPS) is 41.8. The van der Waals surface area contributed by atoms with E-state index in [4.69, 9.17) is 26.2 Å². The highest BCUT2D eigenvalue weighted by Gasteiger charge is 2.63. The molecule has 8 nitrogen and oxygen atoms in total. The minimum Gasteiger partial charge on any atom is -0.508 e. The predicted molar refractivity (Wildman–Crippen MR) is 192 cm³/mol. The van der Waals surface area contributed by atoms with Crippen molar-refractivity contribution in [2.75, 3.05) is 12.3 Å². The summed E-state index contributed by atoms with van der Waals surface area (Å²) in [6.45, 7) is 3.02. The van der Waals surface area contributed by atoms with Crippen LogP contribution in [0.4, 0.5) is 5.82 Å². The number of hydrogen-bond acceptors (Lipinski definition) is 8. The summed E-state index contributed by atoms with van der Waals surface area (Å²) in [6, 6.07) is 6.06. The van der Waals surface area contributed by atoms with Crippen molar-refractivity contribution in [3.63, 3.8) is 0 Å². The lowest BCUT2D eigenvalue weighted by molar-refractivity contribution is -0.160. The standard InChI is InChI=1S/C35H52O5.C4H3B2N3/c1-34-17-14-28-27-13-11-26(36)20-24(27)8-12-29(28)30(34)15-18-35(34,39)25-9-6-22(7-10-25)21-2-4-23(5-3-21)33-32(38)31(37)16-19-40-33;5-2-1-8-3(6)4(7)9-2/h11,13,20-23,25,28-33,36-39H,2-10,12,14-19H2,1H3;1H,(H2,7,9). The van der Waals surface area contributed by atoms with E-state index in [0.717, 1.165) is 43.9 Å². The molecule has 6 aliphatic rings. The second-order valence-corrected chi connectivity index (χ2v) is 16.8. The molecule has 2 heterocycles. The van der Waals surface area contributed by atoms with E-state index >= 15 is 0 Å². The summed E-state index contributed by atoms with van der Waals surface area (Å²) in [6.07, 6.45) is 16.6. The molecule has 1 aromatic heterocycles. The summed E-state index contributed by atoms with van der Waals surface area (Å²) in [7, 11) is 10.5. The van der Waals surface area contributed by atoms with Crippen LogP contribution in [0.25, 0.3) is 0 Å². The molecule has 2 aromatic rings. The van der Waals surface area contributed by atoms with Crippen LogP contribution in [-0.2, 0) is 11.2 Å². The second-order valence-electron chi connectivity index (χ2n) is 16.8. The van der Waals surface area contributed by atoms with E-state index < -0.39 is 17.8 Å². The lowest BCUT2D eigenvalue weighted by Crippen LogP contribution is -2.55. The van der Waals surface area contributed by atoms with Gasteiger partial charge in [0.15, 0.2) is 0 Å². The molecule has 49 heavy (non-hydrogen) atoms. The van der Waals surface area contributed by atoms with Crippen molar-refractivity contribution in [3.05, 3.63) is 35.5 Å². The fraction of sp³-hybridized carbons (Fsp3) is 0.744. The van der Waals surface area contributed by atoms with Gasteiger partial charge >= 0.3 is 0 Å². The number of nitrogen functional groups attached to an aromatic ring is 1. The lowest BCUT2D eigenvalue weighted by atomic mass is 9.50. The average molecular weight is 668 g/mol. The Morgan fingerprint density at radius 2 is 1.57 bits per heavy atom. The number of aromatic hydroxyl groups is 1. The fourth-order valence-corrected chi connectivity index (χ4v) is 12.0. The Morgan fingerprint density at radius 3 is 2.27 bits per heavy atom. The van der Waals surface area contributed by atoms with Crippen molar-refractivity contribution in [2.24, 2.45) is 40.9 Å². The van der Waals surface area contributed by atoms with Crippen molar-refractivity contribution in [3.8, 4) is 5.75 Å². The van der Waals surface area contributed by atoms with Crippen LogP contribution in [0, 0.1) is 40.9 Å². The molecule has 1 aromatic carbocycles. The fourth-order valence-electron chi connectivity index (χ4n) is 12.0. The maximum atomic E-state index is 12.5. The molecule has 4 radical (unpaired) electrons. The molecule has 0 spiro atoms. The summed E-state index contributed by atoms with van der Waals surface area (Å²) < 4.78 is 5.92. The quantitative estimate of drug-likeness (QED) is 0.312. The van der Waals surface area contributed by atoms with Gasteiger partial charge in [-0.05, 0) is 166 Å². The summed E-state index contributed by atoms with van der Waals surface area (Å²) in [4.78, 5) is 7.28. The van der Waals surface area contributed by atoms with Crippen molar-refractivity contribution < 1.29 is 25.2 Å². The van der Waals surface area contributed by atoms with Gasteiger partial charge in [-0.3, -0.25) is 4.98 Å². The predicted octanol–water partition coefficient (Wildman–Crippen LogP) is 3.75. The molecule has 5 aliphatic carbocycles. The molecule has 1 saturated heterocycles. The number of aliphatic hydroxyl groups excluding tert-OH is 2. The number of benzene rings is 1. The number of anilines is 1. The molecular formula is C39H55B2N3O5. The number of aromatic nitrogens is 2. The summed E-state index contributed by atoms with van der Waals surface area (Å²) in [5.74, 6) is 4.80. The first-order valence-electron chi connectivity index (χ1n) is 19.1. The first kappa shape index (κ1) is 35.3. The number of phenolic OH excluding ortho intramolecular Hbond substituents is 1. The van der Waals surface area contributed by atoms with Gasteiger partial charge in [0.1, 0.15) is 33.4 Å². The van der Waals surface area contributed by atoms with E-state index in [1.165, 1.54) is 75.1 Å². The van der Waals surface area contributed by atoms with Gasteiger partial charge in [0, 0.05) is 24.0 Å². The van der Waals surface area contributed by atoms with Crippen molar-refractivity contribution >= 4 is 32.7 Å². The summed E-state index contributed by atoms with van der Waals surface area (Å²) >= 11 is 0. The molecule has 0 amide bonds. The monoisotopic (exact) mass is 667 g/mol. The van der Waals surface area contributed by atoms with Crippen molar-refractivity contribution in [2.45, 2.75) is 133 Å². The van der Waals surface area contributed by atoms with Crippen LogP contribution < -0.4 is 16.9 Å². The molecule has 262 valence electrons. The number of nitrogens with two attached hydrogens (primary N) is 1. The number of fused-ring (bicyclic) bond motifs is 5. The number of rotatable bonds is 3. The first-order chi connectivity index (χ1) is 23.5. The number of nitrogens with zero attached hydrogens (tertiary/aromatic N) is 2. The highest BCUT2D eigenvalue weighted by Crippen LogP contribution is 2.67. The van der Waals surface area contributed by atoms with E-state index in [9.17, 15) is 20.4 Å². The van der Waals surface area contributed by atoms with Gasteiger partial charge in [-0.15, -0.1) is 0 Å². The molecular weight excluding hydrogens is 612 g/mol. The number of ether oxygens (including phenoxy) is 1. The van der Waals surface area contributed by atoms with Gasteiger partial charge in [0.2, 0.25) is 0 Å². The highest BCUT2D eigenvalue weighted by molar-refractivity contribution is 6.35. The zero-order valence-electron chi connectivity index (χ0n) is 29.2. The molecule has 10 heteroatoms. The Bertz CT molecular complexity index is 1470. The number of phenols is 1. The third-order valence-corrected chi connectivity index (χ3v) is 14.6. The molecule has 8 atom stereocenters. The Balaban J connectivity index is 0.000000367. The minimum atomic E-state index is -0.727. The van der Waals surface area contributed by atoms with Gasteiger partial charge in [-0.1, -0.05) is 13.0 Å². The van der Waals surface area contributed by atoms with Gasteiger partial charge in [-0.25, -0.2) is 4.98 Å². The minimum absolute atomic E-state index is 0.0313. The third kappa shape index (κ3) is 6.58. The van der Waals surface area contributed by atoms with Crippen LogP contribution >= 0.6 is 0 Å². The molecule has 1 aliphatic heterocycles. The smallest absolute Gasteiger partial charge is 0.147 e. The Kier molecular flexibility index (Phi) is 10.2. The SMILES string of the molecule is CC12CCC3c4ccc(O)cc4CCC3C1CCC2(O)C1CCC(C2CCC(C3OCCC(O)C3O)CC2)CC1.[B]c1cnc([B])c(N)n1. The number of aliphatic hydroxyl groups is 3. The van der Waals surface area contributed by atoms with Crippen LogP contribution in [0.1, 0.15) is 114 Å². The van der Waals surface area contributed by atoms with E-state index in [0.29, 0.717) is 48.4 Å². The largest absolute Gasteiger partial charge is 0.508 e. The summed E-state index contributed by atoms with van der Waals surface area (Å²) in [5, 5.41) is 43.1. The van der Waals surface area contributed by atoms with Gasteiger partial charge in [0.25, 0.3) is 0 Å². The van der Waals surface area contributed by atoms with E-state index in [1.807, 2.05) is 12.1 Å². The van der Waals surface area contributed by atoms with E-state index in [-0.39, 0.29) is 28.5 Å². The molecule has 6 N–H and O–H groups in total. The molecule has 5 fully saturated rings. The molecule has 4 saturated carbocycles. The Morgan fingerprint density at radius 1 is 0.878 bits per heavy atom. The Hall–Kier alpha value is -2.13. The maximum absolute atomic E-state index is 12.5. The highest BCUT2D eigenvalue weighted by atomic mass is 16.5. The summed E-state index contributed by atoms with van der Waals surface area (Å²) in [5.41, 5.74) is 8.07. The van der Waals surface area contributed by atoms with E-state index in [2.05, 4.69) is 23.0 Å². The molecule has 8 unspecified atom stereocenters. The van der Waals surface area contributed by atoms with E-state index in [1.54, 1.807) is 0 Å². The van der Waals surface area contributed by atoms with Gasteiger partial charge in [-0.2, -0.15) is 0 Å². The molecule has 0 bridgehead atoms. The zero-order chi connectivity index (χ0) is 34.5. The number of hydrogen-bond donors (Lipinski definition) is 5. The van der Waals surface area contributed by atoms with Crippen LogP contribution in [0.15, 0.2) is 24.4 Å². The van der Waals surface area contributed by atoms with Crippen molar-refractivity contribution in [1.82, 2.24) is 9.97 Å². The van der Waals surface area contributed by atoms with Gasteiger partial charge < -0.3 is 30.9 Å². The maximum Gasteiger partial charge on any atom is 0.147 e. The zero-order valence-corrected chi connectivity index (χ0v) is 29.2. The average Bonchev–Trinajstić information content (AvgIpc) is 3.39. The molecule has 8 rings (SSSR count). The first-order valence-corrected chi connectivity index (χ1v) is 19.1. The van der Waals surface area contributed by atoms with Crippen LogP contribution in [0.3, 0.4) is 0 Å². The number of aryl methyl sites for hydroxylation is 1. The topological polar surface area (TPSA) is 142 Å². The lowest BCUT2D eigenvalue weighted by Gasteiger charge is -2.56. The van der Waals surface area contributed by atoms with Crippen LogP contribution in [0.2, 0.25) is 0 Å². The van der Waals surface area contributed by atoms with Crippen LogP contribution in [-0.4, -0.2) is 76.6 Å². The van der Waals surface area contributed by atoms with Gasteiger partial charge in [0.05, 0.1) is 17.8 Å². The van der Waals surface area contributed by atoms with Crippen molar-refractivity contribution in [1.29, 1.82) is 0 Å². The second kappa shape index (κ2) is 14.1.